The van der Waals surface area contributed by atoms with E-state index in [1.165, 1.54) is 29.9 Å². The molecule has 2 aromatic rings. The average molecular weight is 352 g/mol. The third-order valence-electron chi connectivity index (χ3n) is 5.19. The van der Waals surface area contributed by atoms with E-state index in [4.69, 9.17) is 10.00 Å². The molecule has 0 N–H and O–H groups in total. The normalized spacial score (nSPS) is 18.0. The van der Waals surface area contributed by atoms with Crippen molar-refractivity contribution in [2.24, 2.45) is 5.92 Å². The van der Waals surface area contributed by atoms with Gasteiger partial charge in [0.2, 0.25) is 0 Å². The molecule has 26 heavy (non-hydrogen) atoms. The molecule has 0 spiro atoms. The van der Waals surface area contributed by atoms with Gasteiger partial charge in [0.05, 0.1) is 18.2 Å². The predicted molar refractivity (Wildman–Crippen MR) is 102 cm³/mol. The van der Waals surface area contributed by atoms with Gasteiger partial charge in [0, 0.05) is 45.1 Å². The smallest absolute Gasteiger partial charge is 0.109 e. The summed E-state index contributed by atoms with van der Waals surface area (Å²) in [5.74, 6) is 1.81. The van der Waals surface area contributed by atoms with Crippen molar-refractivity contribution in [3.05, 3.63) is 53.1 Å². The second kappa shape index (κ2) is 8.98. The van der Waals surface area contributed by atoms with Crippen LogP contribution >= 0.6 is 0 Å². The maximum atomic E-state index is 9.08. The van der Waals surface area contributed by atoms with Crippen LogP contribution in [0, 0.1) is 24.2 Å². The van der Waals surface area contributed by atoms with Gasteiger partial charge < -0.3 is 9.30 Å². The summed E-state index contributed by atoms with van der Waals surface area (Å²) in [6.07, 6.45) is 5.47. The number of aromatic nitrogens is 2. The summed E-state index contributed by atoms with van der Waals surface area (Å²) < 4.78 is 7.53. The van der Waals surface area contributed by atoms with Gasteiger partial charge in [-0.2, -0.15) is 5.26 Å². The van der Waals surface area contributed by atoms with Crippen LogP contribution in [-0.4, -0.2) is 41.3 Å². The second-order valence-electron chi connectivity index (χ2n) is 7.22. The van der Waals surface area contributed by atoms with Crippen LogP contribution in [0.15, 0.2) is 30.5 Å². The molecule has 1 unspecified atom stereocenters. The van der Waals surface area contributed by atoms with Crippen molar-refractivity contribution in [2.75, 3.05) is 26.8 Å². The highest BCUT2D eigenvalue weighted by Gasteiger charge is 2.22. The fourth-order valence-corrected chi connectivity index (χ4v) is 3.88. The topological polar surface area (TPSA) is 54.1 Å². The van der Waals surface area contributed by atoms with Crippen LogP contribution in [0.25, 0.3) is 0 Å². The Balaban J connectivity index is 1.61. The maximum absolute atomic E-state index is 9.08. The molecular weight excluding hydrogens is 324 g/mol. The van der Waals surface area contributed by atoms with Gasteiger partial charge in [-0.05, 0) is 49.9 Å². The van der Waals surface area contributed by atoms with Crippen molar-refractivity contribution in [1.29, 1.82) is 5.26 Å². The maximum Gasteiger partial charge on any atom is 0.109 e. The van der Waals surface area contributed by atoms with Crippen molar-refractivity contribution in [2.45, 2.75) is 39.3 Å². The molecule has 1 aromatic carbocycles. The predicted octanol–water partition coefficient (Wildman–Crippen LogP) is 3.16. The first kappa shape index (κ1) is 18.6. The van der Waals surface area contributed by atoms with Crippen LogP contribution in [0.5, 0.6) is 0 Å². The van der Waals surface area contributed by atoms with Crippen LogP contribution in [0.2, 0.25) is 0 Å². The molecule has 0 aliphatic carbocycles. The van der Waals surface area contributed by atoms with E-state index >= 15 is 0 Å². The number of benzene rings is 1. The molecule has 1 aliphatic heterocycles. The number of aryl methyl sites for hydroxylation is 1. The zero-order chi connectivity index (χ0) is 18.4. The van der Waals surface area contributed by atoms with Crippen molar-refractivity contribution >= 4 is 0 Å². The summed E-state index contributed by atoms with van der Waals surface area (Å²) in [7, 11) is 1.74. The minimum absolute atomic E-state index is 0.631. The first-order valence-electron chi connectivity index (χ1n) is 9.41. The molecule has 1 aliphatic rings. The quantitative estimate of drug-likeness (QED) is 0.768. The minimum atomic E-state index is 0.631. The standard InChI is InChI=1S/C21H28N4O/c1-17-14-23-21(25(17)9-10-26-2)12-20-7-4-8-24(16-20)15-19-6-3-5-18(11-19)13-22/h3,5-6,11,14,20H,4,7-10,12,15-16H2,1-2H3. The zero-order valence-corrected chi connectivity index (χ0v) is 15.8. The van der Waals surface area contributed by atoms with E-state index in [9.17, 15) is 0 Å². The number of ether oxygens (including phenoxy) is 1. The Kier molecular flexibility index (Phi) is 6.43. The minimum Gasteiger partial charge on any atom is -0.383 e. The molecule has 0 amide bonds. The molecule has 5 heteroatoms. The monoisotopic (exact) mass is 352 g/mol. The van der Waals surface area contributed by atoms with Gasteiger partial charge >= 0.3 is 0 Å². The number of nitrogens with zero attached hydrogens (tertiary/aromatic N) is 4. The highest BCUT2D eigenvalue weighted by Crippen LogP contribution is 2.22. The second-order valence-corrected chi connectivity index (χ2v) is 7.22. The number of nitriles is 1. The third kappa shape index (κ3) is 4.72. The molecule has 0 saturated carbocycles. The fourth-order valence-electron chi connectivity index (χ4n) is 3.88. The van der Waals surface area contributed by atoms with Crippen molar-refractivity contribution in [1.82, 2.24) is 14.5 Å². The van der Waals surface area contributed by atoms with Gasteiger partial charge in [-0.25, -0.2) is 4.98 Å². The lowest BCUT2D eigenvalue weighted by molar-refractivity contribution is 0.163. The Bertz CT molecular complexity index is 762. The Hall–Kier alpha value is -2.16. The first-order chi connectivity index (χ1) is 12.7. The lowest BCUT2D eigenvalue weighted by Crippen LogP contribution is -2.36. The molecule has 1 saturated heterocycles. The molecule has 1 atom stereocenters. The molecule has 2 heterocycles. The van der Waals surface area contributed by atoms with Crippen LogP contribution in [0.1, 0.15) is 35.5 Å². The average Bonchev–Trinajstić information content (AvgIpc) is 3.00. The summed E-state index contributed by atoms with van der Waals surface area (Å²) in [5.41, 5.74) is 3.17. The van der Waals surface area contributed by atoms with E-state index < -0.39 is 0 Å². The molecule has 1 aromatic heterocycles. The van der Waals surface area contributed by atoms with Gasteiger partial charge in [-0.1, -0.05) is 12.1 Å². The largest absolute Gasteiger partial charge is 0.383 e. The number of methoxy groups -OCH3 is 1. The Morgan fingerprint density at radius 2 is 2.27 bits per heavy atom. The summed E-state index contributed by atoms with van der Waals surface area (Å²) in [5, 5.41) is 9.08. The zero-order valence-electron chi connectivity index (χ0n) is 15.8. The van der Waals surface area contributed by atoms with Gasteiger partial charge in [0.15, 0.2) is 0 Å². The van der Waals surface area contributed by atoms with E-state index in [1.54, 1.807) is 7.11 Å². The van der Waals surface area contributed by atoms with Gasteiger partial charge in [0.25, 0.3) is 0 Å². The number of hydrogen-bond acceptors (Lipinski definition) is 4. The molecule has 0 bridgehead atoms. The molecule has 1 fully saturated rings. The van der Waals surface area contributed by atoms with Crippen LogP contribution < -0.4 is 0 Å². The summed E-state index contributed by atoms with van der Waals surface area (Å²) in [6, 6.07) is 10.2. The molecule has 5 nitrogen and oxygen atoms in total. The molecule has 3 rings (SSSR count). The highest BCUT2D eigenvalue weighted by atomic mass is 16.5. The number of imidazole rings is 1. The summed E-state index contributed by atoms with van der Waals surface area (Å²) in [4.78, 5) is 7.16. The lowest BCUT2D eigenvalue weighted by atomic mass is 9.94. The van der Waals surface area contributed by atoms with Gasteiger partial charge in [-0.3, -0.25) is 4.90 Å². The molecule has 138 valence electrons. The first-order valence-corrected chi connectivity index (χ1v) is 9.41. The fraction of sp³-hybridized carbons (Fsp3) is 0.524. The number of piperidine rings is 1. The Morgan fingerprint density at radius 3 is 3.08 bits per heavy atom. The summed E-state index contributed by atoms with van der Waals surface area (Å²) >= 11 is 0. The highest BCUT2D eigenvalue weighted by molar-refractivity contribution is 5.32. The van der Waals surface area contributed by atoms with Crippen molar-refractivity contribution in [3.8, 4) is 6.07 Å². The van der Waals surface area contributed by atoms with E-state index in [2.05, 4.69) is 33.5 Å². The number of rotatable bonds is 7. The van der Waals surface area contributed by atoms with Crippen molar-refractivity contribution in [3.63, 3.8) is 0 Å². The molecule has 0 radical (unpaired) electrons. The molecular formula is C21H28N4O. The third-order valence-corrected chi connectivity index (χ3v) is 5.19. The van der Waals surface area contributed by atoms with E-state index in [0.717, 1.165) is 44.8 Å². The Morgan fingerprint density at radius 1 is 1.38 bits per heavy atom. The summed E-state index contributed by atoms with van der Waals surface area (Å²) in [6.45, 7) is 6.84. The van der Waals surface area contributed by atoms with E-state index in [0.29, 0.717) is 5.92 Å². The van der Waals surface area contributed by atoms with Crippen molar-refractivity contribution < 1.29 is 4.74 Å². The number of likely N-dealkylation sites (tertiary alicyclic amines) is 1. The van der Waals surface area contributed by atoms with Crippen LogP contribution in [0.4, 0.5) is 0 Å². The Labute approximate surface area is 156 Å². The van der Waals surface area contributed by atoms with Crippen LogP contribution in [0.3, 0.4) is 0 Å². The van der Waals surface area contributed by atoms with Gasteiger partial charge in [-0.15, -0.1) is 0 Å². The van der Waals surface area contributed by atoms with E-state index in [-0.39, 0.29) is 0 Å². The lowest BCUT2D eigenvalue weighted by Gasteiger charge is -2.32. The SMILES string of the molecule is COCCn1c(C)cnc1CC1CCCN(Cc2cccc(C#N)c2)C1. The van der Waals surface area contributed by atoms with E-state index in [1.807, 2.05) is 24.4 Å². The van der Waals surface area contributed by atoms with Gasteiger partial charge in [0.1, 0.15) is 5.82 Å². The number of hydrogen-bond donors (Lipinski definition) is 0. The van der Waals surface area contributed by atoms with Crippen LogP contribution in [-0.2, 0) is 24.2 Å².